The largest absolute Gasteiger partial charge is 0.455 e. The molecule has 0 unspecified atom stereocenters. The van der Waals surface area contributed by atoms with Gasteiger partial charge < -0.3 is 4.42 Å². The lowest BCUT2D eigenvalue weighted by atomic mass is 9.98. The van der Waals surface area contributed by atoms with Gasteiger partial charge in [0.05, 0.1) is 10.6 Å². The van der Waals surface area contributed by atoms with E-state index in [-0.39, 0.29) is 0 Å². The standard InChI is InChI=1S/C45H26ClN3O/c46-41-36-15-7-6-14-35(36)40(42-39(41)37-16-8-9-17-38(37)50-42)45-48-43(30-21-18-28(19-22-30)27-10-2-1-3-11-27)47-44(49-45)32-24-25-34-31(26-32)23-20-29-12-4-5-13-33(29)34/h1-26H. The zero-order valence-corrected chi connectivity index (χ0v) is 27.4. The smallest absolute Gasteiger partial charge is 0.168 e. The molecule has 5 heteroatoms. The molecule has 0 radical (unpaired) electrons. The first kappa shape index (κ1) is 28.6. The molecule has 234 valence electrons. The molecule has 0 fully saturated rings. The summed E-state index contributed by atoms with van der Waals surface area (Å²) in [7, 11) is 0. The lowest BCUT2D eigenvalue weighted by Gasteiger charge is -2.13. The maximum atomic E-state index is 7.16. The van der Waals surface area contributed by atoms with Crippen LogP contribution in [0, 0.1) is 0 Å². The van der Waals surface area contributed by atoms with Crippen LogP contribution in [0.5, 0.6) is 0 Å². The van der Waals surface area contributed by atoms with Crippen molar-refractivity contribution in [2.24, 2.45) is 0 Å². The highest BCUT2D eigenvalue weighted by Gasteiger charge is 2.23. The molecule has 2 aromatic heterocycles. The molecule has 0 spiro atoms. The molecule has 0 aliphatic rings. The van der Waals surface area contributed by atoms with Crippen LogP contribution < -0.4 is 0 Å². The first-order valence-electron chi connectivity index (χ1n) is 16.6. The molecule has 0 bridgehead atoms. The normalized spacial score (nSPS) is 11.7. The number of halogens is 1. The SMILES string of the molecule is Clc1c2ccccc2c(-c2nc(-c3ccc(-c4ccccc4)cc3)nc(-c3ccc4c(ccc5ccccc54)c3)n2)c2oc3ccccc3c12. The van der Waals surface area contributed by atoms with Crippen molar-refractivity contribution in [3.8, 4) is 45.3 Å². The lowest BCUT2D eigenvalue weighted by molar-refractivity contribution is 0.670. The highest BCUT2D eigenvalue weighted by molar-refractivity contribution is 6.44. The number of hydrogen-bond acceptors (Lipinski definition) is 4. The minimum atomic E-state index is 0.521. The molecule has 0 saturated carbocycles. The van der Waals surface area contributed by atoms with Gasteiger partial charge in [0.15, 0.2) is 17.5 Å². The molecule has 50 heavy (non-hydrogen) atoms. The molecule has 10 rings (SSSR count). The monoisotopic (exact) mass is 659 g/mol. The Morgan fingerprint density at radius 2 is 0.960 bits per heavy atom. The van der Waals surface area contributed by atoms with Gasteiger partial charge in [0.2, 0.25) is 0 Å². The maximum absolute atomic E-state index is 7.16. The van der Waals surface area contributed by atoms with Gasteiger partial charge in [-0.1, -0.05) is 157 Å². The van der Waals surface area contributed by atoms with Crippen molar-refractivity contribution >= 4 is 65.9 Å². The second-order valence-electron chi connectivity index (χ2n) is 12.5. The maximum Gasteiger partial charge on any atom is 0.168 e. The first-order valence-corrected chi connectivity index (χ1v) is 16.9. The Morgan fingerprint density at radius 3 is 1.78 bits per heavy atom. The number of benzene rings is 8. The molecule has 0 amide bonds. The number of furan rings is 1. The molecular formula is C45H26ClN3O. The van der Waals surface area contributed by atoms with Gasteiger partial charge in [-0.3, -0.25) is 0 Å². The van der Waals surface area contributed by atoms with Crippen molar-refractivity contribution in [3.05, 3.63) is 163 Å². The molecule has 0 atom stereocenters. The fraction of sp³-hybridized carbons (Fsp3) is 0. The molecule has 10 aromatic rings. The van der Waals surface area contributed by atoms with Crippen molar-refractivity contribution in [2.75, 3.05) is 0 Å². The van der Waals surface area contributed by atoms with Gasteiger partial charge in [0.25, 0.3) is 0 Å². The van der Waals surface area contributed by atoms with Gasteiger partial charge in [0.1, 0.15) is 11.2 Å². The van der Waals surface area contributed by atoms with Crippen molar-refractivity contribution in [3.63, 3.8) is 0 Å². The van der Waals surface area contributed by atoms with E-state index in [0.717, 1.165) is 60.3 Å². The highest BCUT2D eigenvalue weighted by Crippen LogP contribution is 2.45. The molecular weight excluding hydrogens is 634 g/mol. The Morgan fingerprint density at radius 1 is 0.400 bits per heavy atom. The summed E-state index contributed by atoms with van der Waals surface area (Å²) in [6.45, 7) is 0. The van der Waals surface area contributed by atoms with E-state index >= 15 is 0 Å². The molecule has 8 aromatic carbocycles. The van der Waals surface area contributed by atoms with Crippen molar-refractivity contribution < 1.29 is 4.42 Å². The quantitative estimate of drug-likeness (QED) is 0.176. The van der Waals surface area contributed by atoms with Crippen molar-refractivity contribution in [1.29, 1.82) is 0 Å². The Labute approximate surface area is 292 Å². The Kier molecular flexibility index (Phi) is 6.51. The van der Waals surface area contributed by atoms with Crippen LogP contribution in [0.1, 0.15) is 0 Å². The number of nitrogens with zero attached hydrogens (tertiary/aromatic N) is 3. The van der Waals surface area contributed by atoms with E-state index in [9.17, 15) is 0 Å². The van der Waals surface area contributed by atoms with E-state index in [1.54, 1.807) is 0 Å². The number of aromatic nitrogens is 3. The minimum Gasteiger partial charge on any atom is -0.455 e. The van der Waals surface area contributed by atoms with Crippen LogP contribution in [-0.4, -0.2) is 15.0 Å². The van der Waals surface area contributed by atoms with Gasteiger partial charge >= 0.3 is 0 Å². The number of fused-ring (bicyclic) bond motifs is 7. The van der Waals surface area contributed by atoms with E-state index in [0.29, 0.717) is 28.1 Å². The third-order valence-electron chi connectivity index (χ3n) is 9.59. The summed E-state index contributed by atoms with van der Waals surface area (Å²) in [5.41, 5.74) is 6.26. The van der Waals surface area contributed by atoms with Gasteiger partial charge in [-0.15, -0.1) is 0 Å². The number of para-hydroxylation sites is 1. The van der Waals surface area contributed by atoms with Crippen molar-refractivity contribution in [1.82, 2.24) is 15.0 Å². The van der Waals surface area contributed by atoms with Gasteiger partial charge in [-0.05, 0) is 50.2 Å². The lowest BCUT2D eigenvalue weighted by Crippen LogP contribution is -2.01. The van der Waals surface area contributed by atoms with Crippen LogP contribution in [0.25, 0.3) is 99.5 Å². The fourth-order valence-electron chi connectivity index (χ4n) is 7.15. The predicted molar refractivity (Wildman–Crippen MR) is 206 cm³/mol. The van der Waals surface area contributed by atoms with Crippen LogP contribution in [0.15, 0.2) is 162 Å². The third-order valence-corrected chi connectivity index (χ3v) is 9.98. The van der Waals surface area contributed by atoms with Crippen LogP contribution in [0.4, 0.5) is 0 Å². The molecule has 0 aliphatic carbocycles. The zero-order chi connectivity index (χ0) is 33.2. The van der Waals surface area contributed by atoms with E-state index in [2.05, 4.69) is 109 Å². The zero-order valence-electron chi connectivity index (χ0n) is 26.6. The van der Waals surface area contributed by atoms with Crippen LogP contribution in [0.3, 0.4) is 0 Å². The van der Waals surface area contributed by atoms with Gasteiger partial charge in [-0.25, -0.2) is 15.0 Å². The average molecular weight is 660 g/mol. The summed E-state index contributed by atoms with van der Waals surface area (Å²) >= 11 is 7.16. The summed E-state index contributed by atoms with van der Waals surface area (Å²) in [4.78, 5) is 15.5. The summed E-state index contributed by atoms with van der Waals surface area (Å²) in [5, 5.41) is 9.01. The summed E-state index contributed by atoms with van der Waals surface area (Å²) in [5.74, 6) is 1.68. The number of rotatable bonds is 4. The topological polar surface area (TPSA) is 51.8 Å². The minimum absolute atomic E-state index is 0.521. The van der Waals surface area contributed by atoms with Gasteiger partial charge in [0, 0.05) is 27.3 Å². The summed E-state index contributed by atoms with van der Waals surface area (Å²) in [6.07, 6.45) is 0. The third kappa shape index (κ3) is 4.57. The Balaban J connectivity index is 1.24. The van der Waals surface area contributed by atoms with Crippen LogP contribution in [-0.2, 0) is 0 Å². The summed E-state index contributed by atoms with van der Waals surface area (Å²) in [6, 6.07) is 54.1. The van der Waals surface area contributed by atoms with Crippen LogP contribution >= 0.6 is 11.6 Å². The van der Waals surface area contributed by atoms with Crippen LogP contribution in [0.2, 0.25) is 5.02 Å². The second-order valence-corrected chi connectivity index (χ2v) is 12.9. The van der Waals surface area contributed by atoms with E-state index in [4.69, 9.17) is 31.0 Å². The predicted octanol–water partition coefficient (Wildman–Crippen LogP) is 12.6. The fourth-order valence-corrected chi connectivity index (χ4v) is 7.50. The molecule has 0 saturated heterocycles. The Hall–Kier alpha value is -6.36. The van der Waals surface area contributed by atoms with E-state index < -0.39 is 0 Å². The molecule has 0 aliphatic heterocycles. The average Bonchev–Trinajstić information content (AvgIpc) is 3.57. The molecule has 4 nitrogen and oxygen atoms in total. The molecule has 2 heterocycles. The highest BCUT2D eigenvalue weighted by atomic mass is 35.5. The summed E-state index contributed by atoms with van der Waals surface area (Å²) < 4.78 is 6.60. The van der Waals surface area contributed by atoms with Crippen molar-refractivity contribution in [2.45, 2.75) is 0 Å². The number of hydrogen-bond donors (Lipinski definition) is 0. The Bertz CT molecular complexity index is 2930. The van der Waals surface area contributed by atoms with E-state index in [1.165, 1.54) is 16.2 Å². The molecule has 0 N–H and O–H groups in total. The van der Waals surface area contributed by atoms with E-state index in [1.807, 2.05) is 48.5 Å². The van der Waals surface area contributed by atoms with Gasteiger partial charge in [-0.2, -0.15) is 0 Å². The second kappa shape index (κ2) is 11.4. The first-order chi connectivity index (χ1) is 24.7.